The second kappa shape index (κ2) is 54.2. The summed E-state index contributed by atoms with van der Waals surface area (Å²) in [6.07, 6.45) is 55.3. The Morgan fingerprint density at radius 2 is 0.842 bits per heavy atom. The molecule has 450 valence electrons. The molecule has 1 heterocycles. The van der Waals surface area contributed by atoms with Crippen molar-refractivity contribution < 1.29 is 50.0 Å². The van der Waals surface area contributed by atoms with Crippen molar-refractivity contribution in [3.8, 4) is 0 Å². The number of amides is 1. The number of hydrogen-bond acceptors (Lipinski definition) is 10. The topological polar surface area (TPSA) is 189 Å². The fraction of sp³-hybridized carbons (Fsp3) is 0.923. The van der Waals surface area contributed by atoms with E-state index < -0.39 is 74.2 Å². The van der Waals surface area contributed by atoms with Crippen LogP contribution in [-0.4, -0.2) is 110 Å². The first kappa shape index (κ1) is 72.6. The Kier molecular flexibility index (Phi) is 51.8. The standard InChI is InChI=1S/C65H125NO10/c1-3-5-7-9-11-13-15-17-19-21-23-25-26-27-28-29-30-31-32-33-35-36-38-40-42-44-46-48-50-52-57(68)60(70)56(55-75-65-63(73)62(72)61(71)59(54-67)76-65)66-64(74)58(69)53-51-49-47-45-43-41-39-37-34-24-22-20-18-16-14-12-10-8-6-4-2/h6,8,12,14,56-63,65,67-73H,3-5,7,9-11,13,15-55H2,1-2H3,(H,66,74)/b8-6-,14-12-. The summed E-state index contributed by atoms with van der Waals surface area (Å²) in [5.74, 6) is -0.693. The molecular formula is C65H125NO10. The second-order valence-electron chi connectivity index (χ2n) is 23.2. The van der Waals surface area contributed by atoms with Crippen molar-refractivity contribution in [1.82, 2.24) is 5.32 Å². The zero-order valence-corrected chi connectivity index (χ0v) is 49.5. The van der Waals surface area contributed by atoms with Gasteiger partial charge < -0.3 is 50.5 Å². The Bertz CT molecular complexity index is 1280. The molecular weight excluding hydrogens is 955 g/mol. The lowest BCUT2D eigenvalue weighted by Gasteiger charge is -2.40. The van der Waals surface area contributed by atoms with Crippen LogP contribution >= 0.6 is 0 Å². The maximum atomic E-state index is 13.2. The van der Waals surface area contributed by atoms with Crippen LogP contribution in [0.4, 0.5) is 0 Å². The fourth-order valence-corrected chi connectivity index (χ4v) is 10.8. The van der Waals surface area contributed by atoms with Gasteiger partial charge >= 0.3 is 0 Å². The van der Waals surface area contributed by atoms with Crippen LogP contribution in [0, 0.1) is 0 Å². The summed E-state index contributed by atoms with van der Waals surface area (Å²) < 4.78 is 11.2. The van der Waals surface area contributed by atoms with Crippen molar-refractivity contribution in [3.05, 3.63) is 24.3 Å². The fourth-order valence-electron chi connectivity index (χ4n) is 10.8. The van der Waals surface area contributed by atoms with Crippen LogP contribution in [0.1, 0.15) is 316 Å². The van der Waals surface area contributed by atoms with Gasteiger partial charge in [-0.05, 0) is 38.5 Å². The molecule has 11 nitrogen and oxygen atoms in total. The monoisotopic (exact) mass is 1080 g/mol. The summed E-state index contributed by atoms with van der Waals surface area (Å²) in [6, 6.07) is -1.17. The van der Waals surface area contributed by atoms with E-state index in [2.05, 4.69) is 43.5 Å². The Morgan fingerprint density at radius 1 is 0.474 bits per heavy atom. The van der Waals surface area contributed by atoms with Gasteiger partial charge in [-0.3, -0.25) is 4.79 Å². The minimum Gasteiger partial charge on any atom is -0.394 e. The van der Waals surface area contributed by atoms with E-state index in [9.17, 15) is 40.5 Å². The Morgan fingerprint density at radius 3 is 1.24 bits per heavy atom. The van der Waals surface area contributed by atoms with E-state index in [4.69, 9.17) is 9.47 Å². The van der Waals surface area contributed by atoms with E-state index in [1.165, 1.54) is 225 Å². The summed E-state index contributed by atoms with van der Waals surface area (Å²) in [7, 11) is 0. The highest BCUT2D eigenvalue weighted by Gasteiger charge is 2.44. The van der Waals surface area contributed by atoms with Gasteiger partial charge in [0.1, 0.15) is 36.6 Å². The van der Waals surface area contributed by atoms with Crippen LogP contribution in [0.5, 0.6) is 0 Å². The van der Waals surface area contributed by atoms with E-state index in [1.54, 1.807) is 0 Å². The minimum atomic E-state index is -1.66. The summed E-state index contributed by atoms with van der Waals surface area (Å²) >= 11 is 0. The molecule has 1 aliphatic heterocycles. The van der Waals surface area contributed by atoms with Gasteiger partial charge in [0.15, 0.2) is 6.29 Å². The normalized spacial score (nSPS) is 19.7. The lowest BCUT2D eigenvalue weighted by molar-refractivity contribution is -0.303. The molecule has 1 rings (SSSR count). The van der Waals surface area contributed by atoms with Crippen LogP contribution in [0.15, 0.2) is 24.3 Å². The lowest BCUT2D eigenvalue weighted by atomic mass is 9.98. The van der Waals surface area contributed by atoms with Crippen molar-refractivity contribution in [2.45, 2.75) is 371 Å². The number of nitrogens with one attached hydrogen (secondary N) is 1. The van der Waals surface area contributed by atoms with Crippen molar-refractivity contribution in [2.24, 2.45) is 0 Å². The summed E-state index contributed by atoms with van der Waals surface area (Å²) in [5, 5.41) is 76.4. The van der Waals surface area contributed by atoms with E-state index in [0.717, 1.165) is 51.4 Å². The maximum absolute atomic E-state index is 13.2. The largest absolute Gasteiger partial charge is 0.394 e. The molecule has 0 saturated carbocycles. The van der Waals surface area contributed by atoms with Gasteiger partial charge in [0.05, 0.1) is 25.4 Å². The molecule has 9 unspecified atom stereocenters. The minimum absolute atomic E-state index is 0.261. The van der Waals surface area contributed by atoms with Crippen LogP contribution in [0.2, 0.25) is 0 Å². The van der Waals surface area contributed by atoms with Gasteiger partial charge in [-0.15, -0.1) is 0 Å². The number of carbonyl (C=O) groups is 1. The highest BCUT2D eigenvalue weighted by molar-refractivity contribution is 5.80. The number of ether oxygens (including phenoxy) is 2. The molecule has 0 bridgehead atoms. The van der Waals surface area contributed by atoms with Crippen LogP contribution in [0.25, 0.3) is 0 Å². The predicted octanol–water partition coefficient (Wildman–Crippen LogP) is 14.9. The molecule has 0 radical (unpaired) electrons. The van der Waals surface area contributed by atoms with Gasteiger partial charge in [0.25, 0.3) is 0 Å². The van der Waals surface area contributed by atoms with Crippen molar-refractivity contribution in [3.63, 3.8) is 0 Å². The first-order chi connectivity index (χ1) is 37.2. The Balaban J connectivity index is 2.21. The molecule has 9 atom stereocenters. The molecule has 0 aliphatic carbocycles. The summed E-state index contributed by atoms with van der Waals surface area (Å²) in [5.41, 5.74) is 0. The molecule has 1 fully saturated rings. The first-order valence-corrected chi connectivity index (χ1v) is 32.7. The molecule has 1 saturated heterocycles. The van der Waals surface area contributed by atoms with Gasteiger partial charge in [-0.2, -0.15) is 0 Å². The molecule has 0 aromatic heterocycles. The number of carbonyl (C=O) groups excluding carboxylic acids is 1. The molecule has 0 aromatic carbocycles. The molecule has 76 heavy (non-hydrogen) atoms. The number of aliphatic hydroxyl groups is 7. The molecule has 8 N–H and O–H groups in total. The average molecular weight is 1080 g/mol. The molecule has 1 amide bonds. The van der Waals surface area contributed by atoms with Crippen LogP contribution in [-0.2, 0) is 14.3 Å². The molecule has 0 aromatic rings. The predicted molar refractivity (Wildman–Crippen MR) is 316 cm³/mol. The summed E-state index contributed by atoms with van der Waals surface area (Å²) in [6.45, 7) is 3.40. The average Bonchev–Trinajstić information content (AvgIpc) is 3.42. The molecule has 1 aliphatic rings. The number of allylic oxidation sites excluding steroid dienone is 4. The number of aliphatic hydroxyl groups excluding tert-OH is 7. The summed E-state index contributed by atoms with van der Waals surface area (Å²) in [4.78, 5) is 13.2. The van der Waals surface area contributed by atoms with Gasteiger partial charge in [0, 0.05) is 0 Å². The molecule has 0 spiro atoms. The third-order valence-corrected chi connectivity index (χ3v) is 16.0. The third-order valence-electron chi connectivity index (χ3n) is 16.0. The third kappa shape index (κ3) is 41.6. The zero-order valence-electron chi connectivity index (χ0n) is 49.5. The van der Waals surface area contributed by atoms with E-state index in [1.807, 2.05) is 0 Å². The van der Waals surface area contributed by atoms with E-state index >= 15 is 0 Å². The second-order valence-corrected chi connectivity index (χ2v) is 23.2. The number of rotatable bonds is 57. The van der Waals surface area contributed by atoms with Gasteiger partial charge in [-0.1, -0.05) is 301 Å². The first-order valence-electron chi connectivity index (χ1n) is 32.7. The van der Waals surface area contributed by atoms with Crippen molar-refractivity contribution in [1.29, 1.82) is 0 Å². The SMILES string of the molecule is CC/C=C\C/C=C\CCCCCCCCCCCCCCCC(O)C(=O)NC(COC1OC(CO)C(O)C(O)C1O)C(O)C(O)CCCCCCCCCCCCCCCCCCCCCCCCCCCCCCC. The van der Waals surface area contributed by atoms with Crippen LogP contribution in [0.3, 0.4) is 0 Å². The maximum Gasteiger partial charge on any atom is 0.249 e. The van der Waals surface area contributed by atoms with Gasteiger partial charge in [-0.25, -0.2) is 0 Å². The zero-order chi connectivity index (χ0) is 55.4. The highest BCUT2D eigenvalue weighted by atomic mass is 16.7. The quantitative estimate of drug-likeness (QED) is 0.0215. The number of unbranched alkanes of at least 4 members (excludes halogenated alkanes) is 41. The van der Waals surface area contributed by atoms with Gasteiger partial charge in [0.2, 0.25) is 5.91 Å². The Hall–Kier alpha value is -1.41. The highest BCUT2D eigenvalue weighted by Crippen LogP contribution is 2.24. The molecule has 11 heteroatoms. The number of hydrogen-bond donors (Lipinski definition) is 8. The lowest BCUT2D eigenvalue weighted by Crippen LogP contribution is -2.60. The Labute approximate surface area is 467 Å². The smallest absolute Gasteiger partial charge is 0.249 e. The van der Waals surface area contributed by atoms with Crippen molar-refractivity contribution >= 4 is 5.91 Å². The van der Waals surface area contributed by atoms with E-state index in [0.29, 0.717) is 19.3 Å². The van der Waals surface area contributed by atoms with E-state index in [-0.39, 0.29) is 6.42 Å². The van der Waals surface area contributed by atoms with Crippen LogP contribution < -0.4 is 5.32 Å². The van der Waals surface area contributed by atoms with Crippen molar-refractivity contribution in [2.75, 3.05) is 13.2 Å².